The van der Waals surface area contributed by atoms with E-state index in [0.717, 1.165) is 13.0 Å². The Morgan fingerprint density at radius 1 is 1.77 bits per heavy atom. The van der Waals surface area contributed by atoms with Gasteiger partial charge in [0.1, 0.15) is 0 Å². The minimum absolute atomic E-state index is 0.154. The van der Waals surface area contributed by atoms with Crippen LogP contribution in [0.25, 0.3) is 0 Å². The van der Waals surface area contributed by atoms with Gasteiger partial charge in [0.2, 0.25) is 5.91 Å². The van der Waals surface area contributed by atoms with E-state index in [1.807, 2.05) is 0 Å². The molecule has 0 aromatic carbocycles. The van der Waals surface area contributed by atoms with Gasteiger partial charge in [-0.2, -0.15) is 0 Å². The minimum Gasteiger partial charge on any atom is -0.370 e. The average Bonchev–Trinajstić information content (AvgIpc) is 2.51. The molecule has 1 aromatic heterocycles. The Bertz CT molecular complexity index is 321. The Morgan fingerprint density at radius 3 is 3.38 bits per heavy atom. The van der Waals surface area contributed by atoms with Crippen LogP contribution in [0.3, 0.4) is 0 Å². The zero-order valence-corrected chi connectivity index (χ0v) is 8.06. The van der Waals surface area contributed by atoms with Crippen LogP contribution in [0.2, 0.25) is 0 Å². The number of hydrogen-bond acceptors (Lipinski definition) is 3. The van der Waals surface area contributed by atoms with Crippen LogP contribution in [-0.4, -0.2) is 12.5 Å². The fraction of sp³-hybridized carbons (Fsp3) is 0.444. The highest BCUT2D eigenvalue weighted by Gasteiger charge is 2.21. The van der Waals surface area contributed by atoms with Gasteiger partial charge >= 0.3 is 0 Å². The lowest BCUT2D eigenvalue weighted by Crippen LogP contribution is -2.31. The van der Waals surface area contributed by atoms with Crippen molar-refractivity contribution in [3.05, 3.63) is 21.9 Å². The second-order valence-corrected chi connectivity index (χ2v) is 4.18. The zero-order chi connectivity index (χ0) is 9.26. The highest BCUT2D eigenvalue weighted by atomic mass is 32.1. The third-order valence-electron chi connectivity index (χ3n) is 2.29. The molecular formula is C9H12N2OS. The summed E-state index contributed by atoms with van der Waals surface area (Å²) in [5.41, 5.74) is 6.55. The molecule has 0 saturated heterocycles. The fourth-order valence-corrected chi connectivity index (χ4v) is 2.73. The van der Waals surface area contributed by atoms with Crippen molar-refractivity contribution in [1.29, 1.82) is 0 Å². The Morgan fingerprint density at radius 2 is 2.62 bits per heavy atom. The van der Waals surface area contributed by atoms with E-state index < -0.39 is 0 Å². The van der Waals surface area contributed by atoms with Crippen LogP contribution in [0.4, 0.5) is 0 Å². The van der Waals surface area contributed by atoms with Gasteiger partial charge in [-0.15, -0.1) is 11.3 Å². The van der Waals surface area contributed by atoms with E-state index in [4.69, 9.17) is 5.73 Å². The summed E-state index contributed by atoms with van der Waals surface area (Å²) in [6, 6.07) is 2.29. The van der Waals surface area contributed by atoms with E-state index in [-0.39, 0.29) is 11.9 Å². The lowest BCUT2D eigenvalue weighted by atomic mass is 10.0. The molecule has 1 aliphatic heterocycles. The number of amides is 1. The Balaban J connectivity index is 2.20. The third-order valence-corrected chi connectivity index (χ3v) is 3.36. The maximum atomic E-state index is 10.8. The first-order valence-corrected chi connectivity index (χ1v) is 5.23. The molecule has 2 heterocycles. The van der Waals surface area contributed by atoms with Gasteiger partial charge in [0.15, 0.2) is 0 Å². The van der Waals surface area contributed by atoms with E-state index in [2.05, 4.69) is 16.8 Å². The standard InChI is InChI=1S/C9H12N2OS/c10-8(12)5-7-9-6(1-3-11-7)2-4-13-9/h2,4,7,11H,1,3,5H2,(H2,10,12). The van der Waals surface area contributed by atoms with E-state index in [0.29, 0.717) is 6.42 Å². The number of rotatable bonds is 2. The van der Waals surface area contributed by atoms with Crippen molar-refractivity contribution in [2.75, 3.05) is 6.54 Å². The lowest BCUT2D eigenvalue weighted by Gasteiger charge is -2.22. The molecule has 1 atom stereocenters. The first-order chi connectivity index (χ1) is 6.27. The summed E-state index contributed by atoms with van der Waals surface area (Å²) in [6.07, 6.45) is 1.47. The Hall–Kier alpha value is -0.870. The second kappa shape index (κ2) is 3.47. The smallest absolute Gasteiger partial charge is 0.219 e. The molecule has 0 spiro atoms. The van der Waals surface area contributed by atoms with Crippen LogP contribution in [0.1, 0.15) is 22.9 Å². The fourth-order valence-electron chi connectivity index (χ4n) is 1.70. The highest BCUT2D eigenvalue weighted by molar-refractivity contribution is 7.10. The summed E-state index contributed by atoms with van der Waals surface area (Å²) in [6.45, 7) is 0.946. The molecule has 70 valence electrons. The Labute approximate surface area is 80.9 Å². The van der Waals surface area contributed by atoms with Crippen molar-refractivity contribution in [1.82, 2.24) is 5.32 Å². The molecule has 0 aliphatic carbocycles. The number of thiophene rings is 1. The summed E-state index contributed by atoms with van der Waals surface area (Å²) < 4.78 is 0. The molecule has 3 nitrogen and oxygen atoms in total. The van der Waals surface area contributed by atoms with Gasteiger partial charge in [-0.1, -0.05) is 0 Å². The number of fused-ring (bicyclic) bond motifs is 1. The summed E-state index contributed by atoms with van der Waals surface area (Å²) in [4.78, 5) is 12.1. The molecule has 2 rings (SSSR count). The summed E-state index contributed by atoms with van der Waals surface area (Å²) in [5.74, 6) is -0.237. The van der Waals surface area contributed by atoms with E-state index in [1.165, 1.54) is 10.4 Å². The van der Waals surface area contributed by atoms with Crippen LogP contribution < -0.4 is 11.1 Å². The summed E-state index contributed by atoms with van der Waals surface area (Å²) >= 11 is 1.71. The zero-order valence-electron chi connectivity index (χ0n) is 7.25. The average molecular weight is 196 g/mol. The number of primary amides is 1. The van der Waals surface area contributed by atoms with E-state index in [1.54, 1.807) is 11.3 Å². The quantitative estimate of drug-likeness (QED) is 0.735. The van der Waals surface area contributed by atoms with Gasteiger partial charge in [0, 0.05) is 11.3 Å². The van der Waals surface area contributed by atoms with Gasteiger partial charge < -0.3 is 11.1 Å². The van der Waals surface area contributed by atoms with Crippen molar-refractivity contribution in [3.8, 4) is 0 Å². The van der Waals surface area contributed by atoms with Crippen LogP contribution >= 0.6 is 11.3 Å². The molecule has 0 bridgehead atoms. The van der Waals surface area contributed by atoms with E-state index >= 15 is 0 Å². The number of hydrogen-bond donors (Lipinski definition) is 2. The summed E-state index contributed by atoms with van der Waals surface area (Å²) in [7, 11) is 0. The molecule has 1 aromatic rings. The molecule has 3 N–H and O–H groups in total. The van der Waals surface area contributed by atoms with E-state index in [9.17, 15) is 4.79 Å². The first kappa shape index (κ1) is 8.72. The van der Waals surface area contributed by atoms with Gasteiger partial charge in [-0.3, -0.25) is 4.79 Å². The molecule has 1 amide bonds. The van der Waals surface area contributed by atoms with Crippen LogP contribution in [0, 0.1) is 0 Å². The van der Waals surface area contributed by atoms with Crippen LogP contribution in [0.15, 0.2) is 11.4 Å². The second-order valence-electron chi connectivity index (χ2n) is 3.24. The highest BCUT2D eigenvalue weighted by Crippen LogP contribution is 2.29. The van der Waals surface area contributed by atoms with Crippen molar-refractivity contribution in [2.45, 2.75) is 18.9 Å². The molecule has 0 fully saturated rings. The number of nitrogens with one attached hydrogen (secondary N) is 1. The predicted octanol–water partition coefficient (Wildman–Crippen LogP) is 0.810. The topological polar surface area (TPSA) is 55.1 Å². The molecule has 4 heteroatoms. The third kappa shape index (κ3) is 1.73. The van der Waals surface area contributed by atoms with Crippen molar-refractivity contribution >= 4 is 17.2 Å². The molecule has 1 unspecified atom stereocenters. The van der Waals surface area contributed by atoms with Gasteiger partial charge in [0.25, 0.3) is 0 Å². The van der Waals surface area contributed by atoms with Crippen molar-refractivity contribution in [2.24, 2.45) is 5.73 Å². The molecular weight excluding hydrogens is 184 g/mol. The van der Waals surface area contributed by atoms with Crippen LogP contribution in [-0.2, 0) is 11.2 Å². The number of carbonyl (C=O) groups is 1. The Kier molecular flexibility index (Phi) is 2.33. The van der Waals surface area contributed by atoms with Crippen LogP contribution in [0.5, 0.6) is 0 Å². The van der Waals surface area contributed by atoms with Gasteiger partial charge in [-0.05, 0) is 30.0 Å². The van der Waals surface area contributed by atoms with Crippen molar-refractivity contribution in [3.63, 3.8) is 0 Å². The molecule has 0 radical (unpaired) electrons. The lowest BCUT2D eigenvalue weighted by molar-refractivity contribution is -0.118. The monoisotopic (exact) mass is 196 g/mol. The first-order valence-electron chi connectivity index (χ1n) is 4.35. The molecule has 13 heavy (non-hydrogen) atoms. The van der Waals surface area contributed by atoms with Gasteiger partial charge in [-0.25, -0.2) is 0 Å². The maximum absolute atomic E-state index is 10.8. The largest absolute Gasteiger partial charge is 0.370 e. The normalized spacial score (nSPS) is 21.1. The molecule has 1 aliphatic rings. The number of nitrogens with two attached hydrogens (primary N) is 1. The SMILES string of the molecule is NC(=O)CC1NCCc2ccsc21. The predicted molar refractivity (Wildman–Crippen MR) is 52.6 cm³/mol. The van der Waals surface area contributed by atoms with Gasteiger partial charge in [0.05, 0.1) is 6.04 Å². The minimum atomic E-state index is -0.237. The van der Waals surface area contributed by atoms with Crippen molar-refractivity contribution < 1.29 is 4.79 Å². The molecule has 0 saturated carbocycles. The maximum Gasteiger partial charge on any atom is 0.219 e. The summed E-state index contributed by atoms with van der Waals surface area (Å²) in [5, 5.41) is 5.38. The number of carbonyl (C=O) groups excluding carboxylic acids is 1.